The Morgan fingerprint density at radius 2 is 1.95 bits per heavy atom. The number of allylic oxidation sites excluding steroid dienone is 1. The van der Waals surface area contributed by atoms with Gasteiger partial charge in [-0.2, -0.15) is 14.9 Å². The molecule has 0 saturated heterocycles. The van der Waals surface area contributed by atoms with E-state index in [-0.39, 0.29) is 0 Å². The van der Waals surface area contributed by atoms with Crippen molar-refractivity contribution in [1.29, 1.82) is 0 Å². The van der Waals surface area contributed by atoms with Crippen LogP contribution in [0.15, 0.2) is 41.5 Å². The van der Waals surface area contributed by atoms with E-state index in [2.05, 4.69) is 27.4 Å². The van der Waals surface area contributed by atoms with Gasteiger partial charge in [0.05, 0.1) is 0 Å². The summed E-state index contributed by atoms with van der Waals surface area (Å²) in [6.45, 7) is 0. The summed E-state index contributed by atoms with van der Waals surface area (Å²) in [4.78, 5) is 0. The monoisotopic (exact) mass is 312 g/mol. The van der Waals surface area contributed by atoms with Gasteiger partial charge in [-0.1, -0.05) is 55.7 Å². The maximum Gasteiger partial charge on any atom is 0.216 e. The number of rotatable bonds is 4. The van der Waals surface area contributed by atoms with Crippen molar-refractivity contribution in [2.24, 2.45) is 5.10 Å². The molecule has 1 N–H and O–H groups in total. The fourth-order valence-electron chi connectivity index (χ4n) is 2.86. The van der Waals surface area contributed by atoms with Gasteiger partial charge in [0.15, 0.2) is 5.82 Å². The standard InChI is InChI=1S/C17H20N4S/c22-17-20-19-16(15-11-5-2-6-12-15)21(17)18-13-7-10-14-8-3-1-4-9-14/h1,3-4,7-10,13,15H,2,5-6,11-12H2,(H,20,22)/b10-7+,18-13+. The topological polar surface area (TPSA) is 46.0 Å². The summed E-state index contributed by atoms with van der Waals surface area (Å²) in [5, 5.41) is 11.7. The molecule has 22 heavy (non-hydrogen) atoms. The number of benzene rings is 1. The number of aromatic amines is 1. The molecule has 2 aromatic rings. The van der Waals surface area contributed by atoms with Gasteiger partial charge in [-0.15, -0.1) is 0 Å². The Morgan fingerprint density at radius 3 is 2.73 bits per heavy atom. The van der Waals surface area contributed by atoms with Gasteiger partial charge in [0.2, 0.25) is 4.77 Å². The zero-order valence-corrected chi connectivity index (χ0v) is 13.3. The van der Waals surface area contributed by atoms with Crippen LogP contribution in [-0.2, 0) is 0 Å². The Kier molecular flexibility index (Phi) is 4.96. The largest absolute Gasteiger partial charge is 0.250 e. The highest BCUT2D eigenvalue weighted by atomic mass is 32.1. The number of hydrogen-bond acceptors (Lipinski definition) is 3. The van der Waals surface area contributed by atoms with E-state index in [1.54, 1.807) is 10.9 Å². The molecule has 1 saturated carbocycles. The zero-order valence-electron chi connectivity index (χ0n) is 12.5. The summed E-state index contributed by atoms with van der Waals surface area (Å²) >= 11 is 5.29. The van der Waals surface area contributed by atoms with Crippen molar-refractivity contribution >= 4 is 24.5 Å². The summed E-state index contributed by atoms with van der Waals surface area (Å²) in [7, 11) is 0. The molecule has 0 bridgehead atoms. The van der Waals surface area contributed by atoms with Crippen LogP contribution in [0, 0.1) is 4.77 Å². The molecule has 1 aromatic heterocycles. The molecule has 1 aliphatic carbocycles. The molecule has 114 valence electrons. The van der Waals surface area contributed by atoms with Crippen LogP contribution in [0.3, 0.4) is 0 Å². The molecule has 1 heterocycles. The Morgan fingerprint density at radius 1 is 1.18 bits per heavy atom. The summed E-state index contributed by atoms with van der Waals surface area (Å²) < 4.78 is 2.32. The van der Waals surface area contributed by atoms with Crippen LogP contribution >= 0.6 is 12.2 Å². The van der Waals surface area contributed by atoms with Crippen molar-refractivity contribution < 1.29 is 0 Å². The van der Waals surface area contributed by atoms with Crippen LogP contribution in [0.2, 0.25) is 0 Å². The fourth-order valence-corrected chi connectivity index (χ4v) is 3.05. The smallest absolute Gasteiger partial charge is 0.216 e. The molecule has 0 unspecified atom stereocenters. The minimum absolute atomic E-state index is 0.469. The number of H-pyrrole nitrogens is 1. The van der Waals surface area contributed by atoms with Gasteiger partial charge >= 0.3 is 0 Å². The minimum atomic E-state index is 0.469. The van der Waals surface area contributed by atoms with Crippen LogP contribution in [0.1, 0.15) is 49.4 Å². The lowest BCUT2D eigenvalue weighted by Crippen LogP contribution is -2.10. The Hall–Kier alpha value is -2.01. The van der Waals surface area contributed by atoms with E-state index in [1.165, 1.54) is 32.1 Å². The van der Waals surface area contributed by atoms with Crippen molar-refractivity contribution in [1.82, 2.24) is 14.9 Å². The normalized spacial score (nSPS) is 16.7. The first-order valence-corrected chi connectivity index (χ1v) is 8.19. The average Bonchev–Trinajstić information content (AvgIpc) is 2.94. The van der Waals surface area contributed by atoms with Crippen LogP contribution in [0.25, 0.3) is 6.08 Å². The van der Waals surface area contributed by atoms with E-state index in [1.807, 2.05) is 30.4 Å². The second-order valence-corrected chi connectivity index (χ2v) is 5.95. The van der Waals surface area contributed by atoms with E-state index < -0.39 is 0 Å². The van der Waals surface area contributed by atoms with Gasteiger partial charge in [0, 0.05) is 12.1 Å². The summed E-state index contributed by atoms with van der Waals surface area (Å²) in [6, 6.07) is 10.2. The van der Waals surface area contributed by atoms with E-state index in [0.29, 0.717) is 10.7 Å². The van der Waals surface area contributed by atoms with Gasteiger partial charge in [0.1, 0.15) is 0 Å². The maximum atomic E-state index is 5.29. The molecule has 0 spiro atoms. The zero-order chi connectivity index (χ0) is 15.2. The number of nitrogens with zero attached hydrogens (tertiary/aromatic N) is 3. The van der Waals surface area contributed by atoms with Crippen LogP contribution in [0.5, 0.6) is 0 Å². The predicted octanol–water partition coefficient (Wildman–Crippen LogP) is 4.54. The summed E-state index contributed by atoms with van der Waals surface area (Å²) in [5.41, 5.74) is 1.15. The quantitative estimate of drug-likeness (QED) is 0.665. The van der Waals surface area contributed by atoms with Crippen molar-refractivity contribution in [3.63, 3.8) is 0 Å². The van der Waals surface area contributed by atoms with E-state index in [0.717, 1.165) is 11.4 Å². The number of hydrogen-bond donors (Lipinski definition) is 1. The average molecular weight is 312 g/mol. The SMILES string of the molecule is S=c1[nH]nc(C2CCCCC2)n1/N=C/C=C/c1ccccc1. The van der Waals surface area contributed by atoms with Gasteiger partial charge in [-0.05, 0) is 36.7 Å². The van der Waals surface area contributed by atoms with E-state index >= 15 is 0 Å². The molecule has 0 aliphatic heterocycles. The molecule has 0 amide bonds. The number of aromatic nitrogens is 3. The van der Waals surface area contributed by atoms with Crippen LogP contribution < -0.4 is 0 Å². The Bertz CT molecular complexity index is 706. The molecule has 1 aromatic carbocycles. The van der Waals surface area contributed by atoms with Gasteiger partial charge < -0.3 is 0 Å². The third-order valence-corrected chi connectivity index (χ3v) is 4.27. The minimum Gasteiger partial charge on any atom is -0.250 e. The lowest BCUT2D eigenvalue weighted by Gasteiger charge is -2.19. The van der Waals surface area contributed by atoms with Crippen molar-refractivity contribution in [3.8, 4) is 0 Å². The summed E-state index contributed by atoms with van der Waals surface area (Å²) in [6.07, 6.45) is 11.9. The molecule has 0 atom stereocenters. The predicted molar refractivity (Wildman–Crippen MR) is 92.6 cm³/mol. The maximum absolute atomic E-state index is 5.29. The molecule has 5 heteroatoms. The molecular weight excluding hydrogens is 292 g/mol. The Balaban J connectivity index is 1.74. The second kappa shape index (κ2) is 7.31. The van der Waals surface area contributed by atoms with Gasteiger partial charge in [-0.25, -0.2) is 0 Å². The first-order valence-electron chi connectivity index (χ1n) is 7.78. The third kappa shape index (κ3) is 3.60. The van der Waals surface area contributed by atoms with Crippen molar-refractivity contribution in [3.05, 3.63) is 52.6 Å². The number of nitrogens with one attached hydrogen (secondary N) is 1. The highest BCUT2D eigenvalue weighted by Gasteiger charge is 2.21. The third-order valence-electron chi connectivity index (χ3n) is 4.00. The highest BCUT2D eigenvalue weighted by molar-refractivity contribution is 7.71. The molecule has 4 nitrogen and oxygen atoms in total. The molecule has 0 radical (unpaired) electrons. The van der Waals surface area contributed by atoms with Crippen molar-refractivity contribution in [2.45, 2.75) is 38.0 Å². The lowest BCUT2D eigenvalue weighted by molar-refractivity contribution is 0.419. The van der Waals surface area contributed by atoms with Crippen LogP contribution in [0.4, 0.5) is 0 Å². The highest BCUT2D eigenvalue weighted by Crippen LogP contribution is 2.31. The first-order chi connectivity index (χ1) is 10.8. The van der Waals surface area contributed by atoms with Gasteiger partial charge in [0.25, 0.3) is 0 Å². The molecule has 3 rings (SSSR count). The Labute approximate surface area is 135 Å². The van der Waals surface area contributed by atoms with Gasteiger partial charge in [-0.3, -0.25) is 5.10 Å². The molecule has 1 aliphatic rings. The molecular formula is C17H20N4S. The fraction of sp³-hybridized carbons (Fsp3) is 0.353. The molecule has 1 fully saturated rings. The van der Waals surface area contributed by atoms with E-state index in [4.69, 9.17) is 12.2 Å². The van der Waals surface area contributed by atoms with Crippen LogP contribution in [-0.4, -0.2) is 21.1 Å². The van der Waals surface area contributed by atoms with E-state index in [9.17, 15) is 0 Å². The summed E-state index contributed by atoms with van der Waals surface area (Å²) in [5.74, 6) is 1.44. The van der Waals surface area contributed by atoms with Crippen molar-refractivity contribution in [2.75, 3.05) is 0 Å². The lowest BCUT2D eigenvalue weighted by atomic mass is 9.89. The first kappa shape index (κ1) is 14.9. The second-order valence-electron chi connectivity index (χ2n) is 5.57.